The highest BCUT2D eigenvalue weighted by Gasteiger charge is 2.21. The largest absolute Gasteiger partial charge is 0.391 e. The van der Waals surface area contributed by atoms with Gasteiger partial charge in [0, 0.05) is 58.8 Å². The smallest absolute Gasteiger partial charge is 0.332 e. The van der Waals surface area contributed by atoms with E-state index in [1.807, 2.05) is 4.90 Å². The lowest BCUT2D eigenvalue weighted by atomic mass is 10.2. The number of hydrogen-bond donors (Lipinski definition) is 1. The van der Waals surface area contributed by atoms with E-state index in [1.54, 1.807) is 7.05 Å². The van der Waals surface area contributed by atoms with Crippen molar-refractivity contribution < 1.29 is 5.11 Å². The normalized spacial score (nSPS) is 18.0. The van der Waals surface area contributed by atoms with E-state index in [-0.39, 0.29) is 17.1 Å². The first-order chi connectivity index (χ1) is 9.93. The van der Waals surface area contributed by atoms with Crippen molar-refractivity contribution in [2.24, 2.45) is 14.1 Å². The van der Waals surface area contributed by atoms with Crippen molar-refractivity contribution in [3.63, 3.8) is 0 Å². The van der Waals surface area contributed by atoms with Crippen LogP contribution in [0.3, 0.4) is 0 Å². The molecule has 1 aromatic heterocycles. The highest BCUT2D eigenvalue weighted by molar-refractivity contribution is 6.18. The monoisotopic (exact) mass is 316 g/mol. The third-order valence-corrected chi connectivity index (χ3v) is 4.20. The Morgan fingerprint density at radius 3 is 2.38 bits per heavy atom. The molecule has 2 heterocycles. The molecule has 0 aliphatic carbocycles. The Balaban J connectivity index is 2.10. The number of alkyl halides is 1. The van der Waals surface area contributed by atoms with Crippen LogP contribution >= 0.6 is 11.6 Å². The molecule has 7 nitrogen and oxygen atoms in total. The summed E-state index contributed by atoms with van der Waals surface area (Å²) in [5.41, 5.74) is -0.620. The molecule has 21 heavy (non-hydrogen) atoms. The van der Waals surface area contributed by atoms with Crippen molar-refractivity contribution in [1.82, 2.24) is 14.0 Å². The predicted octanol–water partition coefficient (Wildman–Crippen LogP) is -1.19. The Bertz CT molecular complexity index is 604. The fraction of sp³-hybridized carbons (Fsp3) is 0.692. The molecule has 1 fully saturated rings. The van der Waals surface area contributed by atoms with Gasteiger partial charge in [-0.3, -0.25) is 18.8 Å². The molecule has 1 aromatic rings. The molecule has 118 valence electrons. The van der Waals surface area contributed by atoms with Gasteiger partial charge in [0.15, 0.2) is 0 Å². The van der Waals surface area contributed by atoms with E-state index in [1.165, 1.54) is 17.7 Å². The summed E-state index contributed by atoms with van der Waals surface area (Å²) in [7, 11) is 3.14. The number of anilines is 1. The highest BCUT2D eigenvalue weighted by Crippen LogP contribution is 2.12. The molecule has 0 spiro atoms. The van der Waals surface area contributed by atoms with E-state index in [9.17, 15) is 14.7 Å². The lowest BCUT2D eigenvalue weighted by Crippen LogP contribution is -2.51. The number of aliphatic hydroxyl groups excluding tert-OH is 1. The summed E-state index contributed by atoms with van der Waals surface area (Å²) >= 11 is 5.60. The second kappa shape index (κ2) is 6.64. The van der Waals surface area contributed by atoms with Crippen LogP contribution in [0.25, 0.3) is 0 Å². The number of aliphatic hydroxyl groups is 1. The molecule has 2 rings (SSSR count). The molecule has 0 bridgehead atoms. The summed E-state index contributed by atoms with van der Waals surface area (Å²) in [4.78, 5) is 27.9. The van der Waals surface area contributed by atoms with E-state index in [0.717, 1.165) is 17.7 Å². The van der Waals surface area contributed by atoms with E-state index < -0.39 is 6.10 Å². The van der Waals surface area contributed by atoms with Crippen LogP contribution in [0.5, 0.6) is 0 Å². The molecule has 0 radical (unpaired) electrons. The van der Waals surface area contributed by atoms with Gasteiger partial charge in [0.25, 0.3) is 5.56 Å². The molecule has 1 aliphatic heterocycles. The Kier molecular flexibility index (Phi) is 5.08. The molecule has 1 saturated heterocycles. The fourth-order valence-electron chi connectivity index (χ4n) is 2.53. The van der Waals surface area contributed by atoms with Crippen molar-refractivity contribution in [2.75, 3.05) is 43.5 Å². The van der Waals surface area contributed by atoms with Gasteiger partial charge in [-0.05, 0) is 0 Å². The maximum absolute atomic E-state index is 11.9. The summed E-state index contributed by atoms with van der Waals surface area (Å²) in [6, 6.07) is 1.49. The zero-order valence-electron chi connectivity index (χ0n) is 12.3. The van der Waals surface area contributed by atoms with Crippen molar-refractivity contribution in [3.05, 3.63) is 26.9 Å². The summed E-state index contributed by atoms with van der Waals surface area (Å²) in [6.45, 7) is 3.48. The van der Waals surface area contributed by atoms with Gasteiger partial charge in [-0.15, -0.1) is 11.6 Å². The minimum atomic E-state index is -0.522. The van der Waals surface area contributed by atoms with Crippen LogP contribution in [0.4, 0.5) is 5.82 Å². The van der Waals surface area contributed by atoms with Gasteiger partial charge in [0.05, 0.1) is 6.10 Å². The van der Waals surface area contributed by atoms with Crippen LogP contribution in [0.2, 0.25) is 0 Å². The van der Waals surface area contributed by atoms with Crippen molar-refractivity contribution in [2.45, 2.75) is 6.10 Å². The Labute approximate surface area is 128 Å². The standard InChI is InChI=1S/C13H21ClN4O3/c1-15-11(7-12(20)16(2)13(15)21)18-5-3-17(4-6-18)9-10(19)8-14/h7,10,19H,3-6,8-9H2,1-2H3. The maximum Gasteiger partial charge on any atom is 0.332 e. The van der Waals surface area contributed by atoms with E-state index in [2.05, 4.69) is 4.90 Å². The lowest BCUT2D eigenvalue weighted by molar-refractivity contribution is 0.125. The van der Waals surface area contributed by atoms with E-state index in [0.29, 0.717) is 25.5 Å². The van der Waals surface area contributed by atoms with Crippen molar-refractivity contribution in [3.8, 4) is 0 Å². The first-order valence-corrected chi connectivity index (χ1v) is 7.46. The van der Waals surface area contributed by atoms with Gasteiger partial charge in [-0.2, -0.15) is 0 Å². The molecule has 0 saturated carbocycles. The number of rotatable bonds is 4. The van der Waals surface area contributed by atoms with Crippen molar-refractivity contribution >= 4 is 17.4 Å². The van der Waals surface area contributed by atoms with Crippen LogP contribution in [0, 0.1) is 0 Å². The molecular weight excluding hydrogens is 296 g/mol. The fourth-order valence-corrected chi connectivity index (χ4v) is 2.63. The Hall–Kier alpha value is -1.31. The Morgan fingerprint density at radius 2 is 1.81 bits per heavy atom. The zero-order valence-corrected chi connectivity index (χ0v) is 13.1. The second-order valence-corrected chi connectivity index (χ2v) is 5.65. The average molecular weight is 317 g/mol. The first kappa shape index (κ1) is 16.1. The van der Waals surface area contributed by atoms with Gasteiger partial charge in [0.2, 0.25) is 0 Å². The number of piperazine rings is 1. The lowest BCUT2D eigenvalue weighted by Gasteiger charge is -2.37. The first-order valence-electron chi connectivity index (χ1n) is 6.92. The summed E-state index contributed by atoms with van der Waals surface area (Å²) in [6.07, 6.45) is -0.522. The molecule has 0 amide bonds. The molecular formula is C13H21ClN4O3. The number of hydrogen-bond acceptors (Lipinski definition) is 5. The van der Waals surface area contributed by atoms with Crippen LogP contribution < -0.4 is 16.1 Å². The minimum absolute atomic E-state index is 0.226. The molecule has 1 N–H and O–H groups in total. The van der Waals surface area contributed by atoms with Gasteiger partial charge < -0.3 is 10.0 Å². The third kappa shape index (κ3) is 3.48. The quantitative estimate of drug-likeness (QED) is 0.707. The third-order valence-electron chi connectivity index (χ3n) is 3.84. The molecule has 1 aliphatic rings. The molecule has 1 atom stereocenters. The number of halogens is 1. The summed E-state index contributed by atoms with van der Waals surface area (Å²) in [5, 5.41) is 9.56. The van der Waals surface area contributed by atoms with Crippen molar-refractivity contribution in [1.29, 1.82) is 0 Å². The van der Waals surface area contributed by atoms with Crippen LogP contribution in [0.1, 0.15) is 0 Å². The molecule has 8 heteroatoms. The second-order valence-electron chi connectivity index (χ2n) is 5.34. The highest BCUT2D eigenvalue weighted by atomic mass is 35.5. The molecule has 1 unspecified atom stereocenters. The Morgan fingerprint density at radius 1 is 1.19 bits per heavy atom. The number of β-amino-alcohol motifs (C(OH)–C–C–N with tert-alkyl or cyclic N) is 1. The van der Waals surface area contributed by atoms with E-state index >= 15 is 0 Å². The predicted molar refractivity (Wildman–Crippen MR) is 82.3 cm³/mol. The van der Waals surface area contributed by atoms with Crippen LogP contribution in [-0.4, -0.2) is 63.8 Å². The van der Waals surface area contributed by atoms with Gasteiger partial charge in [-0.1, -0.05) is 0 Å². The van der Waals surface area contributed by atoms with E-state index in [4.69, 9.17) is 11.6 Å². The van der Waals surface area contributed by atoms with Gasteiger partial charge >= 0.3 is 5.69 Å². The van der Waals surface area contributed by atoms with Crippen LogP contribution in [-0.2, 0) is 14.1 Å². The number of nitrogens with zero attached hydrogens (tertiary/aromatic N) is 4. The van der Waals surface area contributed by atoms with Gasteiger partial charge in [0.1, 0.15) is 5.82 Å². The van der Waals surface area contributed by atoms with Gasteiger partial charge in [-0.25, -0.2) is 4.79 Å². The zero-order chi connectivity index (χ0) is 15.6. The minimum Gasteiger partial charge on any atom is -0.391 e. The van der Waals surface area contributed by atoms with Crippen LogP contribution in [0.15, 0.2) is 15.7 Å². The summed E-state index contributed by atoms with van der Waals surface area (Å²) < 4.78 is 2.58. The number of aromatic nitrogens is 2. The molecule has 0 aromatic carbocycles. The SMILES string of the molecule is Cn1c(N2CCN(CC(O)CCl)CC2)cc(=O)n(C)c1=O. The maximum atomic E-state index is 11.9. The topological polar surface area (TPSA) is 70.7 Å². The average Bonchev–Trinajstić information content (AvgIpc) is 2.49. The summed E-state index contributed by atoms with van der Waals surface area (Å²) in [5.74, 6) is 0.865.